The maximum atomic E-state index is 14.7. The predicted octanol–water partition coefficient (Wildman–Crippen LogP) is -2.64. The van der Waals surface area contributed by atoms with Crippen molar-refractivity contribution in [1.29, 1.82) is 0 Å². The third-order valence-corrected chi connectivity index (χ3v) is 16.3. The van der Waals surface area contributed by atoms with Crippen LogP contribution in [0.3, 0.4) is 0 Å². The number of ketones is 2. The molecule has 28 heteroatoms. The Hall–Kier alpha value is -7.22. The lowest BCUT2D eigenvalue weighted by molar-refractivity contribution is -0.256. The van der Waals surface area contributed by atoms with E-state index in [2.05, 4.69) is 36.8 Å². The Kier molecular flexibility index (Phi) is 18.8. The Labute approximate surface area is 487 Å². The Morgan fingerprint density at radius 2 is 1.49 bits per heavy atom. The molecule has 5 aliphatic heterocycles. The number of amides is 6. The molecule has 0 unspecified atom stereocenters. The minimum atomic E-state index is -2.42. The number of fused-ring (bicyclic) bond motifs is 7. The third kappa shape index (κ3) is 12.7. The van der Waals surface area contributed by atoms with E-state index in [0.717, 1.165) is 0 Å². The topological polar surface area (TPSA) is 382 Å². The van der Waals surface area contributed by atoms with Gasteiger partial charge in [-0.25, -0.2) is 0 Å². The molecule has 0 bridgehead atoms. The maximum Gasteiger partial charge on any atom is 0.252 e. The van der Waals surface area contributed by atoms with Crippen molar-refractivity contribution in [3.63, 3.8) is 0 Å². The summed E-state index contributed by atoms with van der Waals surface area (Å²) in [6.45, 7) is 1.70. The van der Waals surface area contributed by atoms with E-state index in [4.69, 9.17) is 48.4 Å². The Balaban J connectivity index is 0.793. The average molecular weight is 1190 g/mol. The van der Waals surface area contributed by atoms with Crippen LogP contribution in [0.25, 0.3) is 0 Å². The lowest BCUT2D eigenvalue weighted by Crippen LogP contribution is -2.57. The van der Waals surface area contributed by atoms with E-state index >= 15 is 0 Å². The fourth-order valence-corrected chi connectivity index (χ4v) is 12.3. The smallest absolute Gasteiger partial charge is 0.252 e. The molecule has 5 fully saturated rings. The van der Waals surface area contributed by atoms with Crippen molar-refractivity contribution in [2.24, 2.45) is 5.73 Å². The summed E-state index contributed by atoms with van der Waals surface area (Å²) in [4.78, 5) is 110. The van der Waals surface area contributed by atoms with Crippen LogP contribution in [0.5, 0.6) is 17.2 Å². The molecule has 0 saturated carbocycles. The number of morpholine rings is 1. The van der Waals surface area contributed by atoms with Crippen molar-refractivity contribution in [1.82, 2.24) is 36.8 Å². The molecule has 13 atom stereocenters. The van der Waals surface area contributed by atoms with Crippen molar-refractivity contribution in [2.75, 3.05) is 80.0 Å². The highest BCUT2D eigenvalue weighted by molar-refractivity contribution is 6.31. The summed E-state index contributed by atoms with van der Waals surface area (Å²) >= 11 is 0. The number of benzene rings is 3. The molecule has 0 radical (unpaired) electrons. The normalized spacial score (nSPS) is 28.5. The maximum absolute atomic E-state index is 14.7. The van der Waals surface area contributed by atoms with E-state index < -0.39 is 175 Å². The zero-order chi connectivity index (χ0) is 60.3. The first kappa shape index (κ1) is 60.9. The summed E-state index contributed by atoms with van der Waals surface area (Å²) in [5.74, 6) is -7.10. The van der Waals surface area contributed by atoms with Gasteiger partial charge in [0.15, 0.2) is 24.6 Å². The first-order valence-electron chi connectivity index (χ1n) is 28.1. The van der Waals surface area contributed by atoms with Gasteiger partial charge in [-0.05, 0) is 18.6 Å². The van der Waals surface area contributed by atoms with Gasteiger partial charge in [0.1, 0.15) is 47.2 Å². The molecule has 28 nitrogen and oxygen atoms in total. The summed E-state index contributed by atoms with van der Waals surface area (Å²) in [7, 11) is 2.84. The second-order valence-electron chi connectivity index (χ2n) is 21.8. The van der Waals surface area contributed by atoms with E-state index in [9.17, 15) is 53.7 Å². The van der Waals surface area contributed by atoms with Crippen molar-refractivity contribution in [3.05, 3.63) is 87.5 Å². The van der Waals surface area contributed by atoms with Crippen LogP contribution in [0.15, 0.2) is 48.5 Å². The lowest BCUT2D eigenvalue weighted by Gasteiger charge is -2.43. The van der Waals surface area contributed by atoms with Crippen LogP contribution >= 0.6 is 0 Å². The van der Waals surface area contributed by atoms with E-state index in [1.165, 1.54) is 32.4 Å². The molecular weight excluding hydrogens is 1120 g/mol. The number of rotatable bonds is 22. The fraction of sp³-hybridized carbons (Fsp3) is 0.544. The highest BCUT2D eigenvalue weighted by atomic mass is 16.7. The number of carbonyl (C=O) groups excluding carboxylic acids is 8. The quantitative estimate of drug-likeness (QED) is 0.0284. The van der Waals surface area contributed by atoms with E-state index in [-0.39, 0.29) is 79.7 Å². The number of phenolic OH excluding ortho intramolecular Hbond substituents is 2. The Morgan fingerprint density at radius 3 is 2.22 bits per heavy atom. The number of nitrogens with one attached hydrogen (secondary N) is 6. The predicted molar refractivity (Wildman–Crippen MR) is 291 cm³/mol. The first-order chi connectivity index (χ1) is 40.9. The van der Waals surface area contributed by atoms with Gasteiger partial charge in [-0.1, -0.05) is 42.5 Å². The molecule has 6 amide bonds. The second kappa shape index (κ2) is 26.2. The molecule has 10 rings (SSSR count). The molecule has 11 N–H and O–H groups in total. The molecule has 5 saturated heterocycles. The van der Waals surface area contributed by atoms with Gasteiger partial charge in [0.25, 0.3) is 5.91 Å². The Morgan fingerprint density at radius 1 is 0.788 bits per heavy atom. The van der Waals surface area contributed by atoms with Crippen LogP contribution in [-0.4, -0.2) is 220 Å². The largest absolute Gasteiger partial charge is 0.507 e. The number of carbonyl (C=O) groups is 8. The zero-order valence-corrected chi connectivity index (χ0v) is 47.0. The van der Waals surface area contributed by atoms with Crippen LogP contribution in [0, 0.1) is 0 Å². The monoisotopic (exact) mass is 1190 g/mol. The van der Waals surface area contributed by atoms with Crippen LogP contribution in [-0.2, 0) is 79.5 Å². The van der Waals surface area contributed by atoms with Gasteiger partial charge in [0.2, 0.25) is 35.3 Å². The zero-order valence-electron chi connectivity index (χ0n) is 47.0. The lowest BCUT2D eigenvalue weighted by atomic mass is 9.72. The van der Waals surface area contributed by atoms with Crippen LogP contribution in [0.4, 0.5) is 0 Å². The van der Waals surface area contributed by atoms with Gasteiger partial charge in [-0.3, -0.25) is 43.3 Å². The highest BCUT2D eigenvalue weighted by Crippen LogP contribution is 2.53. The number of nitrogens with two attached hydrogens (primary N) is 1. The molecule has 3 aromatic carbocycles. The molecule has 85 heavy (non-hydrogen) atoms. The van der Waals surface area contributed by atoms with Crippen LogP contribution < -0.4 is 42.4 Å². The van der Waals surface area contributed by atoms with Gasteiger partial charge in [0, 0.05) is 75.0 Å². The minimum Gasteiger partial charge on any atom is -0.507 e. The molecule has 7 aliphatic rings. The average Bonchev–Trinajstić information content (AvgIpc) is 1.52. The number of hydrogen-bond acceptors (Lipinski definition) is 22. The van der Waals surface area contributed by atoms with E-state index in [0.29, 0.717) is 25.3 Å². The fourth-order valence-electron chi connectivity index (χ4n) is 12.3. The number of hydrogen-bond donors (Lipinski definition) is 10. The van der Waals surface area contributed by atoms with Gasteiger partial charge in [-0.2, -0.15) is 0 Å². The number of ether oxygens (including phenoxy) is 9. The number of phenols is 2. The molecule has 0 aromatic heterocycles. The first-order valence-corrected chi connectivity index (χ1v) is 28.1. The van der Waals surface area contributed by atoms with Crippen LogP contribution in [0.2, 0.25) is 0 Å². The third-order valence-electron chi connectivity index (χ3n) is 16.3. The van der Waals surface area contributed by atoms with Gasteiger partial charge >= 0.3 is 0 Å². The van der Waals surface area contributed by atoms with Crippen molar-refractivity contribution in [2.45, 2.75) is 118 Å². The van der Waals surface area contributed by atoms with Crippen LogP contribution in [0.1, 0.15) is 80.8 Å². The number of aromatic hydroxyl groups is 2. The summed E-state index contributed by atoms with van der Waals surface area (Å²) in [6.07, 6.45) is -7.35. The summed E-state index contributed by atoms with van der Waals surface area (Å²) < 4.78 is 53.5. The number of nitrogens with zero attached hydrogens (tertiary/aromatic N) is 1. The molecular formula is C57H70N8O20. The standard InChI is InChI=1S/C57H70N8O20/c1-27-50-34(65-14-17-80-55(78-3)54(65)85-50)19-41(83-27)84-36-21-57(76,20-30-43(36)49(73)45-44(47(30)71)46(70)29-10-7-11-35(77-2)42(29)48(45)72)56(75)64-33-26-82-51-32(25-81-52(33)51)63-40(69)24-61-53(74)31(18-28-8-5-4-6-9-28)62-39(68)23-60-38(67)22-59-37(66)12-15-79-16-13-58/h4-11,27,31-34,36,41,50-52,54-55,71,73,76H,12-26,58H2,1-3H3,(H,59,66)(H,60,67)(H,61,74)(H,62,68)(H,63,69)(H,64,75)/t27-,31-,32-,33-,34-,36-,41-,50+,51+,52+,54+,55-,57-/m0/s1. The van der Waals surface area contributed by atoms with Gasteiger partial charge in [0.05, 0.1) is 101 Å². The summed E-state index contributed by atoms with van der Waals surface area (Å²) in [5, 5.41) is 52.7. The van der Waals surface area contributed by atoms with Gasteiger partial charge < -0.3 is 95.6 Å². The number of methoxy groups -OCH3 is 2. The minimum absolute atomic E-state index is 0.00760. The van der Waals surface area contributed by atoms with Crippen molar-refractivity contribution < 1.29 is 96.3 Å². The second-order valence-corrected chi connectivity index (χ2v) is 21.8. The van der Waals surface area contributed by atoms with E-state index in [1.54, 1.807) is 37.3 Å². The van der Waals surface area contributed by atoms with Gasteiger partial charge in [-0.15, -0.1) is 0 Å². The van der Waals surface area contributed by atoms with E-state index in [1.807, 2.05) is 0 Å². The highest BCUT2D eigenvalue weighted by Gasteiger charge is 2.57. The summed E-state index contributed by atoms with van der Waals surface area (Å²) in [5.41, 5.74) is 2.04. The van der Waals surface area contributed by atoms with Crippen molar-refractivity contribution in [3.8, 4) is 17.2 Å². The molecule has 5 heterocycles. The molecule has 458 valence electrons. The van der Waals surface area contributed by atoms with Crippen molar-refractivity contribution >= 4 is 47.0 Å². The summed E-state index contributed by atoms with van der Waals surface area (Å²) in [6, 6.07) is 10.0. The Bertz CT molecular complexity index is 3060. The molecule has 0 spiro atoms. The molecule has 2 aliphatic carbocycles. The molecule has 3 aromatic rings. The SMILES string of the molecule is COc1cccc2c1C(=O)c1c(O)c3c(c(O)c1C2=O)C[C@@](O)(C(=O)N[C@H]1CO[C@H]2[C@@H]1OC[C@@H]2NC(=O)CNC(=O)[C@H](Cc1ccccc1)NC(=O)CNC(=O)CNC(=O)CCOCCN)C[C@@H]3O[C@H]1C[C@H]2[C@H](O[C@@H]3[C@@H](OC)OCCN32)[C@H](C)O1. The number of aliphatic hydroxyl groups is 1.